The second-order valence-corrected chi connectivity index (χ2v) is 19.6. The Morgan fingerprint density at radius 2 is 0.636 bits per heavy atom. The zero-order valence-electron chi connectivity index (χ0n) is 35.9. The molecule has 0 saturated carbocycles. The van der Waals surface area contributed by atoms with Gasteiger partial charge in [0, 0.05) is 37.8 Å². The molecule has 12 aromatic rings. The third-order valence-corrected chi connectivity index (χ3v) is 16.0. The van der Waals surface area contributed by atoms with Crippen molar-refractivity contribution in [3.63, 3.8) is 0 Å². The Labute approximate surface area is 383 Å². The van der Waals surface area contributed by atoms with Gasteiger partial charge >= 0.3 is 0 Å². The number of nitrogens with zero attached hydrogens (tertiary/aromatic N) is 2. The third-order valence-electron chi connectivity index (χ3n) is 12.9. The Kier molecular flexibility index (Phi) is 9.78. The number of aromatic nitrogens is 2. The molecular weight excluding hydrogens is 820 g/mol. The predicted molar refractivity (Wildman–Crippen MR) is 279 cm³/mol. The van der Waals surface area contributed by atoms with Crippen LogP contribution in [0.1, 0.15) is 0 Å². The van der Waals surface area contributed by atoms with Gasteiger partial charge in [-0.2, -0.15) is 0 Å². The highest BCUT2D eigenvalue weighted by Crippen LogP contribution is 2.47. The molecular formula is C62H41N2OP. The summed E-state index contributed by atoms with van der Waals surface area (Å²) in [5, 5.41) is 9.22. The molecule has 4 heteroatoms. The topological polar surface area (TPSA) is 42.9 Å². The van der Waals surface area contributed by atoms with E-state index in [0.29, 0.717) is 0 Å². The summed E-state index contributed by atoms with van der Waals surface area (Å²) in [5.74, 6) is 0. The van der Waals surface area contributed by atoms with Gasteiger partial charge in [0.1, 0.15) is 0 Å². The van der Waals surface area contributed by atoms with Crippen LogP contribution >= 0.6 is 7.14 Å². The number of hydrogen-bond donors (Lipinski definition) is 0. The van der Waals surface area contributed by atoms with Crippen LogP contribution in [0.4, 0.5) is 0 Å². The lowest BCUT2D eigenvalue weighted by Gasteiger charge is -2.21. The second-order valence-electron chi connectivity index (χ2n) is 16.8. The first kappa shape index (κ1) is 39.4. The van der Waals surface area contributed by atoms with Gasteiger partial charge in [-0.15, -0.1) is 0 Å². The first-order chi connectivity index (χ1) is 32.6. The van der Waals surface area contributed by atoms with Gasteiger partial charge in [-0.25, -0.2) is 9.97 Å². The molecule has 0 aliphatic rings. The summed E-state index contributed by atoms with van der Waals surface area (Å²) in [4.78, 5) is 10.6. The largest absolute Gasteiger partial charge is 0.309 e. The van der Waals surface area contributed by atoms with E-state index >= 15 is 4.57 Å². The van der Waals surface area contributed by atoms with Crippen LogP contribution in [-0.4, -0.2) is 9.97 Å². The predicted octanol–water partition coefficient (Wildman–Crippen LogP) is 15.1. The van der Waals surface area contributed by atoms with E-state index in [9.17, 15) is 0 Å². The first-order valence-corrected chi connectivity index (χ1v) is 24.0. The van der Waals surface area contributed by atoms with Crippen molar-refractivity contribution in [2.24, 2.45) is 0 Å². The van der Waals surface area contributed by atoms with Crippen molar-refractivity contribution in [1.29, 1.82) is 0 Å². The molecule has 0 N–H and O–H groups in total. The highest BCUT2D eigenvalue weighted by atomic mass is 31.2. The Balaban J connectivity index is 1.04. The fourth-order valence-electron chi connectivity index (χ4n) is 9.68. The minimum Gasteiger partial charge on any atom is -0.309 e. The Hall–Kier alpha value is -8.23. The first-order valence-electron chi connectivity index (χ1n) is 22.3. The van der Waals surface area contributed by atoms with Crippen molar-refractivity contribution in [2.45, 2.75) is 0 Å². The molecule has 0 amide bonds. The molecule has 10 aromatic carbocycles. The van der Waals surface area contributed by atoms with E-state index < -0.39 is 7.14 Å². The van der Waals surface area contributed by atoms with Crippen LogP contribution in [0.25, 0.3) is 99.2 Å². The maximum atomic E-state index is 15.2. The fraction of sp³-hybridized carbons (Fsp3) is 0. The zero-order chi connectivity index (χ0) is 44.0. The van der Waals surface area contributed by atoms with Crippen LogP contribution in [-0.2, 0) is 4.57 Å². The molecule has 0 radical (unpaired) electrons. The molecule has 310 valence electrons. The quantitative estimate of drug-likeness (QED) is 0.0868. The number of benzene rings is 10. The van der Waals surface area contributed by atoms with Crippen LogP contribution in [0.2, 0.25) is 0 Å². The number of hydrogen-bond acceptors (Lipinski definition) is 3. The molecule has 0 aliphatic heterocycles. The van der Waals surface area contributed by atoms with E-state index in [2.05, 4.69) is 170 Å². The van der Waals surface area contributed by atoms with E-state index in [1.165, 1.54) is 11.1 Å². The van der Waals surface area contributed by atoms with Crippen LogP contribution in [0.5, 0.6) is 0 Å². The molecule has 0 aliphatic carbocycles. The molecule has 2 heterocycles. The van der Waals surface area contributed by atoms with Crippen molar-refractivity contribution in [3.05, 3.63) is 249 Å². The Bertz CT molecular complexity index is 3760. The normalized spacial score (nSPS) is 11.7. The van der Waals surface area contributed by atoms with E-state index in [1.54, 1.807) is 0 Å². The maximum absolute atomic E-state index is 15.2. The summed E-state index contributed by atoms with van der Waals surface area (Å²) in [6.07, 6.45) is 0. The van der Waals surface area contributed by atoms with Gasteiger partial charge in [0.05, 0.1) is 22.4 Å². The van der Waals surface area contributed by atoms with Gasteiger partial charge in [-0.05, 0) is 79.2 Å². The minimum atomic E-state index is -3.11. The summed E-state index contributed by atoms with van der Waals surface area (Å²) in [6.45, 7) is 0. The smallest absolute Gasteiger partial charge is 0.171 e. The van der Waals surface area contributed by atoms with Crippen LogP contribution in [0.3, 0.4) is 0 Å². The monoisotopic (exact) mass is 860 g/mol. The van der Waals surface area contributed by atoms with Gasteiger partial charge in [0.25, 0.3) is 0 Å². The SMILES string of the molecule is O=P(c1ccccc1)(c1ccccc1)c1ccc(-c2ccc3c(-c4ccccc4)c4cc(-c5ccc6ccc7ccc(-c8ccccc8)nc7c6n5)ccc4c(-c4ccccc4)c3c2)cc1. The molecule has 66 heavy (non-hydrogen) atoms. The Morgan fingerprint density at radius 3 is 1.12 bits per heavy atom. The molecule has 3 nitrogen and oxygen atoms in total. The van der Waals surface area contributed by atoms with Gasteiger partial charge in [-0.1, -0.05) is 224 Å². The van der Waals surface area contributed by atoms with E-state index in [4.69, 9.17) is 9.97 Å². The third kappa shape index (κ3) is 6.81. The van der Waals surface area contributed by atoms with E-state index in [1.807, 2.05) is 78.9 Å². The molecule has 0 fully saturated rings. The number of fused-ring (bicyclic) bond motifs is 5. The van der Waals surface area contributed by atoms with Gasteiger partial charge in [0.2, 0.25) is 0 Å². The lowest BCUT2D eigenvalue weighted by atomic mass is 9.84. The number of rotatable bonds is 8. The van der Waals surface area contributed by atoms with Crippen LogP contribution < -0.4 is 15.9 Å². The van der Waals surface area contributed by atoms with Gasteiger partial charge < -0.3 is 4.57 Å². The Morgan fingerprint density at radius 1 is 0.273 bits per heavy atom. The summed E-state index contributed by atoms with van der Waals surface area (Å²) >= 11 is 0. The molecule has 0 saturated heterocycles. The average Bonchev–Trinajstić information content (AvgIpc) is 3.40. The lowest BCUT2D eigenvalue weighted by molar-refractivity contribution is 0.592. The van der Waals surface area contributed by atoms with Crippen molar-refractivity contribution in [1.82, 2.24) is 9.97 Å². The van der Waals surface area contributed by atoms with Crippen molar-refractivity contribution < 1.29 is 4.57 Å². The van der Waals surface area contributed by atoms with Crippen LogP contribution in [0.15, 0.2) is 249 Å². The lowest BCUT2D eigenvalue weighted by Crippen LogP contribution is -2.24. The summed E-state index contributed by atoms with van der Waals surface area (Å²) < 4.78 is 15.2. The second kappa shape index (κ2) is 16.4. The van der Waals surface area contributed by atoms with Gasteiger partial charge in [-0.3, -0.25) is 0 Å². The molecule has 0 atom stereocenters. The minimum absolute atomic E-state index is 0.810. The maximum Gasteiger partial charge on any atom is 0.171 e. The zero-order valence-corrected chi connectivity index (χ0v) is 36.8. The van der Waals surface area contributed by atoms with Crippen molar-refractivity contribution in [3.8, 4) is 55.9 Å². The molecule has 0 spiro atoms. The van der Waals surface area contributed by atoms with E-state index in [0.717, 1.165) is 104 Å². The summed E-state index contributed by atoms with van der Waals surface area (Å²) in [7, 11) is -3.11. The highest BCUT2D eigenvalue weighted by Gasteiger charge is 2.29. The van der Waals surface area contributed by atoms with Crippen molar-refractivity contribution in [2.75, 3.05) is 0 Å². The standard InChI is InChI=1S/C62H41N2OP/c65-66(50-22-12-4-13-23-50,51-24-14-5-15-25-51)52-34-28-42(29-35-52)48-30-36-53-55(40-48)59(44-18-8-2-9-19-44)54-37-31-49(41-56(54)60(53)45-20-10-3-11-21-45)58-39-33-47-27-26-46-32-38-57(43-16-6-1-7-17-43)63-61(46)62(47)64-58/h1-41H. The average molecular weight is 861 g/mol. The fourth-order valence-corrected chi connectivity index (χ4v) is 12.3. The molecule has 12 rings (SSSR count). The molecule has 0 unspecified atom stereocenters. The highest BCUT2D eigenvalue weighted by molar-refractivity contribution is 7.85. The summed E-state index contributed by atoms with van der Waals surface area (Å²) in [5.41, 5.74) is 12.5. The summed E-state index contributed by atoms with van der Waals surface area (Å²) in [6, 6.07) is 86.4. The number of pyridine rings is 2. The van der Waals surface area contributed by atoms with E-state index in [-0.39, 0.29) is 0 Å². The van der Waals surface area contributed by atoms with Crippen molar-refractivity contribution >= 4 is 66.4 Å². The van der Waals surface area contributed by atoms with Gasteiger partial charge in [0.15, 0.2) is 7.14 Å². The molecule has 2 aromatic heterocycles. The van der Waals surface area contributed by atoms with Crippen LogP contribution in [0, 0.1) is 0 Å². The molecule has 0 bridgehead atoms.